The first-order valence-corrected chi connectivity index (χ1v) is 8.60. The van der Waals surface area contributed by atoms with Crippen molar-refractivity contribution in [2.24, 2.45) is 5.10 Å². The lowest BCUT2D eigenvalue weighted by Gasteiger charge is -2.10. The van der Waals surface area contributed by atoms with Crippen LogP contribution in [0.3, 0.4) is 0 Å². The third-order valence-electron chi connectivity index (χ3n) is 3.78. The predicted molar refractivity (Wildman–Crippen MR) is 106 cm³/mol. The minimum Gasteiger partial charge on any atom is -0.504 e. The van der Waals surface area contributed by atoms with Crippen molar-refractivity contribution in [1.82, 2.24) is 5.43 Å². The van der Waals surface area contributed by atoms with Gasteiger partial charge < -0.3 is 9.84 Å². The third kappa shape index (κ3) is 5.41. The van der Waals surface area contributed by atoms with Crippen molar-refractivity contribution in [3.63, 3.8) is 0 Å². The van der Waals surface area contributed by atoms with Gasteiger partial charge in [0.1, 0.15) is 0 Å². The second-order valence-electron chi connectivity index (χ2n) is 5.81. The number of carbonyl (C=O) groups excluding carboxylic acids is 1. The zero-order chi connectivity index (χ0) is 20.5. The predicted octanol–water partition coefficient (Wildman–Crippen LogP) is 3.12. The SMILES string of the molecule is C=CCc1cc(/C=N/NC(=O)Cc2ccccc2[N+](=O)[O-])cc(OCC)c1O. The number of amides is 1. The molecule has 0 fully saturated rings. The van der Waals surface area contributed by atoms with Gasteiger partial charge in [0.05, 0.1) is 24.2 Å². The van der Waals surface area contributed by atoms with Gasteiger partial charge in [0.25, 0.3) is 5.69 Å². The fraction of sp³-hybridized carbons (Fsp3) is 0.200. The number of nitro benzene ring substituents is 1. The lowest BCUT2D eigenvalue weighted by atomic mass is 10.1. The molecule has 8 heteroatoms. The Kier molecular flexibility index (Phi) is 7.27. The van der Waals surface area contributed by atoms with Gasteiger partial charge in [-0.1, -0.05) is 24.3 Å². The average molecular weight is 383 g/mol. The van der Waals surface area contributed by atoms with Crippen LogP contribution in [0.25, 0.3) is 0 Å². The van der Waals surface area contributed by atoms with Gasteiger partial charge in [-0.25, -0.2) is 5.43 Å². The molecule has 0 heterocycles. The van der Waals surface area contributed by atoms with Crippen LogP contribution < -0.4 is 10.2 Å². The number of hydrazone groups is 1. The monoisotopic (exact) mass is 383 g/mol. The molecule has 2 aromatic carbocycles. The Bertz CT molecular complexity index is 909. The fourth-order valence-corrected chi connectivity index (χ4v) is 2.57. The summed E-state index contributed by atoms with van der Waals surface area (Å²) in [6.07, 6.45) is 3.33. The van der Waals surface area contributed by atoms with Crippen LogP contribution in [0.1, 0.15) is 23.6 Å². The van der Waals surface area contributed by atoms with E-state index in [2.05, 4.69) is 17.1 Å². The summed E-state index contributed by atoms with van der Waals surface area (Å²) in [4.78, 5) is 22.5. The smallest absolute Gasteiger partial charge is 0.273 e. The van der Waals surface area contributed by atoms with Gasteiger partial charge in [0, 0.05) is 17.2 Å². The number of benzene rings is 2. The number of aromatic hydroxyl groups is 1. The van der Waals surface area contributed by atoms with Gasteiger partial charge in [0.2, 0.25) is 5.91 Å². The highest BCUT2D eigenvalue weighted by Gasteiger charge is 2.15. The van der Waals surface area contributed by atoms with E-state index in [4.69, 9.17) is 4.74 Å². The molecule has 0 aliphatic heterocycles. The number of phenols is 1. The van der Waals surface area contributed by atoms with Crippen LogP contribution in [0.2, 0.25) is 0 Å². The zero-order valence-electron chi connectivity index (χ0n) is 15.4. The average Bonchev–Trinajstić information content (AvgIpc) is 2.66. The third-order valence-corrected chi connectivity index (χ3v) is 3.78. The number of para-hydroxylation sites is 1. The first kappa shape index (κ1) is 20.6. The summed E-state index contributed by atoms with van der Waals surface area (Å²) in [5.41, 5.74) is 3.77. The lowest BCUT2D eigenvalue weighted by Crippen LogP contribution is -2.20. The molecule has 8 nitrogen and oxygen atoms in total. The number of carbonyl (C=O) groups is 1. The maximum absolute atomic E-state index is 12.0. The largest absolute Gasteiger partial charge is 0.504 e. The number of nitro groups is 1. The van der Waals surface area contributed by atoms with Crippen molar-refractivity contribution in [2.45, 2.75) is 19.8 Å². The van der Waals surface area contributed by atoms with E-state index in [1.165, 1.54) is 18.3 Å². The first-order valence-electron chi connectivity index (χ1n) is 8.60. The Hall–Kier alpha value is -3.68. The van der Waals surface area contributed by atoms with Crippen LogP contribution in [-0.4, -0.2) is 28.8 Å². The van der Waals surface area contributed by atoms with Crippen molar-refractivity contribution in [1.29, 1.82) is 0 Å². The standard InChI is InChI=1S/C20H21N3O5/c1-3-7-16-10-14(11-18(20(16)25)28-4-2)13-21-22-19(24)12-15-8-5-6-9-17(15)23(26)27/h3,5-6,8-11,13,25H,1,4,7,12H2,2H3,(H,22,24)/b21-13+. The Morgan fingerprint density at radius 2 is 2.11 bits per heavy atom. The molecule has 2 aromatic rings. The van der Waals surface area contributed by atoms with E-state index in [1.807, 2.05) is 0 Å². The van der Waals surface area contributed by atoms with E-state index in [9.17, 15) is 20.0 Å². The maximum Gasteiger partial charge on any atom is 0.273 e. The van der Waals surface area contributed by atoms with Crippen molar-refractivity contribution in [3.8, 4) is 11.5 Å². The minimum atomic E-state index is -0.529. The van der Waals surface area contributed by atoms with Crippen LogP contribution in [0, 0.1) is 10.1 Å². The molecule has 0 aromatic heterocycles. The van der Waals surface area contributed by atoms with Gasteiger partial charge in [-0.15, -0.1) is 6.58 Å². The van der Waals surface area contributed by atoms with E-state index in [1.54, 1.807) is 37.3 Å². The number of ether oxygens (including phenoxy) is 1. The number of nitrogens with one attached hydrogen (secondary N) is 1. The van der Waals surface area contributed by atoms with Gasteiger partial charge in [0.15, 0.2) is 11.5 Å². The summed E-state index contributed by atoms with van der Waals surface area (Å²) in [5, 5.41) is 25.1. The van der Waals surface area contributed by atoms with Crippen LogP contribution in [-0.2, 0) is 17.6 Å². The number of nitrogens with zero attached hydrogens (tertiary/aromatic N) is 2. The molecule has 1 amide bonds. The summed E-state index contributed by atoms with van der Waals surface area (Å²) < 4.78 is 5.41. The highest BCUT2D eigenvalue weighted by Crippen LogP contribution is 2.31. The number of hydrogen-bond donors (Lipinski definition) is 2. The normalized spacial score (nSPS) is 10.6. The highest BCUT2D eigenvalue weighted by atomic mass is 16.6. The van der Waals surface area contributed by atoms with Gasteiger partial charge in [-0.2, -0.15) is 5.10 Å². The van der Waals surface area contributed by atoms with Crippen molar-refractivity contribution in [3.05, 3.63) is 75.9 Å². The maximum atomic E-state index is 12.0. The summed E-state index contributed by atoms with van der Waals surface area (Å²) in [6.45, 7) is 5.84. The summed E-state index contributed by atoms with van der Waals surface area (Å²) in [5.74, 6) is -0.130. The van der Waals surface area contributed by atoms with E-state index in [0.29, 0.717) is 35.5 Å². The Balaban J connectivity index is 2.11. The second kappa shape index (κ2) is 9.86. The molecular weight excluding hydrogens is 362 g/mol. The molecule has 0 spiro atoms. The Labute approximate surface area is 162 Å². The number of allylic oxidation sites excluding steroid dienone is 1. The molecule has 0 aliphatic rings. The van der Waals surface area contributed by atoms with Crippen LogP contribution >= 0.6 is 0 Å². The van der Waals surface area contributed by atoms with Gasteiger partial charge in [-0.05, 0) is 31.0 Å². The fourth-order valence-electron chi connectivity index (χ4n) is 2.57. The minimum absolute atomic E-state index is 0.0410. The highest BCUT2D eigenvalue weighted by molar-refractivity contribution is 5.84. The number of rotatable bonds is 9. The van der Waals surface area contributed by atoms with Crippen molar-refractivity contribution in [2.75, 3.05) is 6.61 Å². The molecule has 2 N–H and O–H groups in total. The van der Waals surface area contributed by atoms with Crippen LogP contribution in [0.4, 0.5) is 5.69 Å². The molecule has 28 heavy (non-hydrogen) atoms. The van der Waals surface area contributed by atoms with E-state index < -0.39 is 10.8 Å². The topological polar surface area (TPSA) is 114 Å². The molecule has 2 rings (SSSR count). The first-order chi connectivity index (χ1) is 13.5. The summed E-state index contributed by atoms with van der Waals surface area (Å²) >= 11 is 0. The van der Waals surface area contributed by atoms with E-state index in [-0.39, 0.29) is 17.9 Å². The van der Waals surface area contributed by atoms with Gasteiger partial charge >= 0.3 is 0 Å². The van der Waals surface area contributed by atoms with E-state index >= 15 is 0 Å². The van der Waals surface area contributed by atoms with Crippen molar-refractivity contribution >= 4 is 17.8 Å². The quantitative estimate of drug-likeness (QED) is 0.299. The number of hydrogen-bond acceptors (Lipinski definition) is 6. The molecule has 0 saturated carbocycles. The molecule has 0 saturated heterocycles. The molecule has 0 aliphatic carbocycles. The zero-order valence-corrected chi connectivity index (χ0v) is 15.4. The molecule has 0 radical (unpaired) electrons. The Morgan fingerprint density at radius 1 is 1.36 bits per heavy atom. The molecular formula is C20H21N3O5. The number of phenolic OH excluding ortho intramolecular Hbond substituents is 1. The molecule has 0 bridgehead atoms. The molecule has 0 unspecified atom stereocenters. The van der Waals surface area contributed by atoms with E-state index in [0.717, 1.165) is 0 Å². The molecule has 146 valence electrons. The van der Waals surface area contributed by atoms with Gasteiger partial charge in [-0.3, -0.25) is 14.9 Å². The van der Waals surface area contributed by atoms with Crippen LogP contribution in [0.5, 0.6) is 11.5 Å². The summed E-state index contributed by atoms with van der Waals surface area (Å²) in [7, 11) is 0. The lowest BCUT2D eigenvalue weighted by molar-refractivity contribution is -0.385. The molecule has 0 atom stereocenters. The summed E-state index contributed by atoms with van der Waals surface area (Å²) in [6, 6.07) is 9.35. The van der Waals surface area contributed by atoms with Crippen molar-refractivity contribution < 1.29 is 19.6 Å². The Morgan fingerprint density at radius 3 is 2.79 bits per heavy atom. The van der Waals surface area contributed by atoms with Crippen LogP contribution in [0.15, 0.2) is 54.2 Å². The second-order valence-corrected chi connectivity index (χ2v) is 5.81.